The van der Waals surface area contributed by atoms with Gasteiger partial charge in [-0.2, -0.15) is 0 Å². The van der Waals surface area contributed by atoms with Gasteiger partial charge in [-0.05, 0) is 0 Å². The highest BCUT2D eigenvalue weighted by Crippen LogP contribution is 1.96. The molecular weight excluding hydrogens is 102 g/mol. The molecular formula is C6H11NO. The molecule has 0 radical (unpaired) electrons. The SMILES string of the molecule is C=CC(C)C(=N)OC. The third-order valence-electron chi connectivity index (χ3n) is 0.987. The smallest absolute Gasteiger partial charge is 0.186 e. The van der Waals surface area contributed by atoms with Gasteiger partial charge in [0.25, 0.3) is 0 Å². The molecule has 2 heteroatoms. The molecule has 0 aliphatic carbocycles. The predicted octanol–water partition coefficient (Wildman–Crippen LogP) is 1.43. The Labute approximate surface area is 49.7 Å². The summed E-state index contributed by atoms with van der Waals surface area (Å²) in [5.74, 6) is 0.306. The largest absolute Gasteiger partial charge is 0.484 e. The molecule has 1 N–H and O–H groups in total. The van der Waals surface area contributed by atoms with Crippen LogP contribution in [0.25, 0.3) is 0 Å². The second kappa shape index (κ2) is 3.24. The maximum atomic E-state index is 7.05. The van der Waals surface area contributed by atoms with Crippen LogP contribution < -0.4 is 0 Å². The molecule has 46 valence electrons. The van der Waals surface area contributed by atoms with Crippen molar-refractivity contribution in [2.45, 2.75) is 6.92 Å². The van der Waals surface area contributed by atoms with Gasteiger partial charge in [0, 0.05) is 5.92 Å². The molecule has 0 amide bonds. The standard InChI is InChI=1S/C6H11NO/c1-4-5(2)6(7)8-3/h4-5,7H,1H2,2-3H3. The van der Waals surface area contributed by atoms with E-state index < -0.39 is 0 Å². The van der Waals surface area contributed by atoms with Crippen LogP contribution in [0.2, 0.25) is 0 Å². The monoisotopic (exact) mass is 113 g/mol. The van der Waals surface area contributed by atoms with Crippen LogP contribution in [0.3, 0.4) is 0 Å². The molecule has 0 saturated carbocycles. The maximum Gasteiger partial charge on any atom is 0.186 e. The zero-order valence-corrected chi connectivity index (χ0v) is 5.27. The van der Waals surface area contributed by atoms with Crippen molar-refractivity contribution in [1.82, 2.24) is 0 Å². The quantitative estimate of drug-likeness (QED) is 0.328. The van der Waals surface area contributed by atoms with Gasteiger partial charge in [0.15, 0.2) is 5.90 Å². The Hall–Kier alpha value is -0.790. The van der Waals surface area contributed by atoms with E-state index in [4.69, 9.17) is 5.41 Å². The van der Waals surface area contributed by atoms with Crippen molar-refractivity contribution in [3.63, 3.8) is 0 Å². The average Bonchev–Trinajstić information content (AvgIpc) is 1.84. The van der Waals surface area contributed by atoms with Gasteiger partial charge in [-0.25, -0.2) is 0 Å². The lowest BCUT2D eigenvalue weighted by Crippen LogP contribution is -2.07. The van der Waals surface area contributed by atoms with Crippen molar-refractivity contribution in [2.75, 3.05) is 7.11 Å². The molecule has 0 saturated heterocycles. The molecule has 0 aliphatic heterocycles. The van der Waals surface area contributed by atoms with Gasteiger partial charge in [-0.1, -0.05) is 13.0 Å². The van der Waals surface area contributed by atoms with Crippen LogP contribution in [0.5, 0.6) is 0 Å². The van der Waals surface area contributed by atoms with Crippen molar-refractivity contribution in [3.05, 3.63) is 12.7 Å². The number of rotatable bonds is 2. The topological polar surface area (TPSA) is 33.1 Å². The highest BCUT2D eigenvalue weighted by Gasteiger charge is 2.00. The third kappa shape index (κ3) is 1.78. The molecule has 0 bridgehead atoms. The molecule has 0 aromatic carbocycles. The van der Waals surface area contributed by atoms with E-state index in [1.54, 1.807) is 6.08 Å². The Balaban J connectivity index is 3.62. The summed E-state index contributed by atoms with van der Waals surface area (Å²) in [6.45, 7) is 5.37. The molecule has 2 nitrogen and oxygen atoms in total. The molecule has 0 rings (SSSR count). The Morgan fingerprint density at radius 1 is 1.88 bits per heavy atom. The molecule has 0 aromatic heterocycles. The van der Waals surface area contributed by atoms with E-state index in [1.165, 1.54) is 7.11 Å². The first kappa shape index (κ1) is 7.21. The molecule has 0 heterocycles. The van der Waals surface area contributed by atoms with Gasteiger partial charge >= 0.3 is 0 Å². The lowest BCUT2D eigenvalue weighted by Gasteiger charge is -2.03. The molecule has 0 fully saturated rings. The van der Waals surface area contributed by atoms with Gasteiger partial charge in [0.05, 0.1) is 7.11 Å². The summed E-state index contributed by atoms with van der Waals surface area (Å²) >= 11 is 0. The summed E-state index contributed by atoms with van der Waals surface area (Å²) in [6.07, 6.45) is 1.67. The predicted molar refractivity (Wildman–Crippen MR) is 34.1 cm³/mol. The molecule has 0 spiro atoms. The average molecular weight is 113 g/mol. The molecule has 0 aromatic rings. The van der Waals surface area contributed by atoms with Crippen molar-refractivity contribution in [2.24, 2.45) is 5.92 Å². The van der Waals surface area contributed by atoms with Crippen LogP contribution in [0.4, 0.5) is 0 Å². The van der Waals surface area contributed by atoms with E-state index in [2.05, 4.69) is 11.3 Å². The normalized spacial score (nSPS) is 12.2. The highest BCUT2D eigenvalue weighted by atomic mass is 16.5. The summed E-state index contributed by atoms with van der Waals surface area (Å²) in [5, 5.41) is 7.05. The van der Waals surface area contributed by atoms with E-state index in [-0.39, 0.29) is 11.8 Å². The molecule has 1 unspecified atom stereocenters. The molecule has 8 heavy (non-hydrogen) atoms. The van der Waals surface area contributed by atoms with Crippen LogP contribution in [-0.4, -0.2) is 13.0 Å². The first-order valence-corrected chi connectivity index (χ1v) is 2.47. The van der Waals surface area contributed by atoms with E-state index in [0.29, 0.717) is 0 Å². The fourth-order valence-electron chi connectivity index (χ4n) is 0.293. The zero-order valence-electron chi connectivity index (χ0n) is 5.27. The number of methoxy groups -OCH3 is 1. The van der Waals surface area contributed by atoms with Gasteiger partial charge < -0.3 is 4.74 Å². The minimum absolute atomic E-state index is 0.0417. The van der Waals surface area contributed by atoms with Crippen LogP contribution in [0.1, 0.15) is 6.92 Å². The fourth-order valence-corrected chi connectivity index (χ4v) is 0.293. The maximum absolute atomic E-state index is 7.05. The Morgan fingerprint density at radius 2 is 2.38 bits per heavy atom. The summed E-state index contributed by atoms with van der Waals surface area (Å²) in [4.78, 5) is 0. The second-order valence-corrected chi connectivity index (χ2v) is 1.59. The van der Waals surface area contributed by atoms with Crippen LogP contribution in [0, 0.1) is 11.3 Å². The zero-order chi connectivity index (χ0) is 6.57. The minimum Gasteiger partial charge on any atom is -0.484 e. The van der Waals surface area contributed by atoms with Gasteiger partial charge in [0.1, 0.15) is 0 Å². The van der Waals surface area contributed by atoms with Crippen molar-refractivity contribution in [3.8, 4) is 0 Å². The van der Waals surface area contributed by atoms with E-state index in [0.717, 1.165) is 0 Å². The first-order valence-electron chi connectivity index (χ1n) is 2.47. The lowest BCUT2D eigenvalue weighted by atomic mass is 10.2. The summed E-state index contributed by atoms with van der Waals surface area (Å²) < 4.78 is 4.61. The van der Waals surface area contributed by atoms with E-state index in [9.17, 15) is 0 Å². The van der Waals surface area contributed by atoms with Crippen molar-refractivity contribution >= 4 is 5.90 Å². The highest BCUT2D eigenvalue weighted by molar-refractivity contribution is 5.76. The van der Waals surface area contributed by atoms with Gasteiger partial charge in [-0.15, -0.1) is 6.58 Å². The lowest BCUT2D eigenvalue weighted by molar-refractivity contribution is 0.377. The van der Waals surface area contributed by atoms with Crippen molar-refractivity contribution < 1.29 is 4.74 Å². The first-order chi connectivity index (χ1) is 3.72. The third-order valence-corrected chi connectivity index (χ3v) is 0.987. The summed E-state index contributed by atoms with van der Waals surface area (Å²) in [5.41, 5.74) is 0. The van der Waals surface area contributed by atoms with Gasteiger partial charge in [-0.3, -0.25) is 5.41 Å². The minimum atomic E-state index is 0.0417. The number of hydrogen-bond acceptors (Lipinski definition) is 2. The molecule has 0 aliphatic rings. The second-order valence-electron chi connectivity index (χ2n) is 1.59. The van der Waals surface area contributed by atoms with E-state index in [1.807, 2.05) is 6.92 Å². The Morgan fingerprint density at radius 3 is 2.50 bits per heavy atom. The van der Waals surface area contributed by atoms with Crippen LogP contribution in [0.15, 0.2) is 12.7 Å². The number of ether oxygens (including phenoxy) is 1. The summed E-state index contributed by atoms with van der Waals surface area (Å²) in [7, 11) is 1.49. The number of nitrogens with one attached hydrogen (secondary N) is 1. The number of hydrogen-bond donors (Lipinski definition) is 1. The van der Waals surface area contributed by atoms with Crippen molar-refractivity contribution in [1.29, 1.82) is 5.41 Å². The van der Waals surface area contributed by atoms with E-state index >= 15 is 0 Å². The van der Waals surface area contributed by atoms with Crippen LogP contribution in [-0.2, 0) is 4.74 Å². The fraction of sp³-hybridized carbons (Fsp3) is 0.500. The summed E-state index contributed by atoms with van der Waals surface area (Å²) in [6, 6.07) is 0. The molecule has 1 atom stereocenters. The van der Waals surface area contributed by atoms with Gasteiger partial charge in [0.2, 0.25) is 0 Å². The Kier molecular flexibility index (Phi) is 2.92. The van der Waals surface area contributed by atoms with Crippen LogP contribution >= 0.6 is 0 Å². The Bertz CT molecular complexity index is 98.7.